The molecule has 0 atom stereocenters. The molecule has 25 heavy (non-hydrogen) atoms. The summed E-state index contributed by atoms with van der Waals surface area (Å²) >= 11 is 0. The summed E-state index contributed by atoms with van der Waals surface area (Å²) in [5.41, 5.74) is 0. The summed E-state index contributed by atoms with van der Waals surface area (Å²) in [6.45, 7) is 0. The Morgan fingerprint density at radius 1 is 0.360 bits per heavy atom. The normalized spacial score (nSPS) is 1.92. The monoisotopic (exact) mass is 485 g/mol. The van der Waals surface area contributed by atoms with Crippen LogP contribution >= 0.6 is 0 Å². The van der Waals surface area contributed by atoms with Crippen molar-refractivity contribution in [1.82, 2.24) is 0 Å². The fourth-order valence-corrected chi connectivity index (χ4v) is 0. The first-order valence-corrected chi connectivity index (χ1v) is 1.10. The molecule has 25 heteroatoms. The zero-order valence-electron chi connectivity index (χ0n) is 12.1. The molecule has 0 rings (SSSR count). The van der Waals surface area contributed by atoms with E-state index in [0.717, 1.165) is 0 Å². The van der Waals surface area contributed by atoms with Gasteiger partial charge in [0.15, 0.2) is 0 Å². The molecular weight excluding hydrogens is 456 g/mol. The molecule has 0 saturated carbocycles. The number of hydrogen-bond acceptors (Lipinski definition) is 6. The third kappa shape index (κ3) is 9250. The molecule has 30 N–H and O–H groups in total. The summed E-state index contributed by atoms with van der Waals surface area (Å²) < 4.78 is 0. The van der Waals surface area contributed by atoms with Crippen molar-refractivity contribution in [1.29, 1.82) is 0 Å². The molecule has 168 valence electrons. The van der Waals surface area contributed by atoms with E-state index in [1.165, 1.54) is 0 Å². The van der Waals surface area contributed by atoms with Gasteiger partial charge in [-0.2, -0.15) is 0 Å². The van der Waals surface area contributed by atoms with E-state index in [1.54, 1.807) is 0 Å². The first kappa shape index (κ1) is 514. The number of nitrogens with zero attached hydrogens (tertiary/aromatic N) is 2. The van der Waals surface area contributed by atoms with Gasteiger partial charge < -0.3 is 113 Å². The minimum absolute atomic E-state index is 0. The van der Waals surface area contributed by atoms with Crippen molar-refractivity contribution in [3.8, 4) is 0 Å². The van der Waals surface area contributed by atoms with Gasteiger partial charge in [0.05, 0.1) is 10.2 Å². The van der Waals surface area contributed by atoms with Gasteiger partial charge in [-0.3, -0.25) is 0 Å². The largest absolute Gasteiger partial charge is 3.00 e. The Hall–Kier alpha value is -1.04. The van der Waals surface area contributed by atoms with E-state index < -0.39 is 10.2 Å². The molecule has 0 aromatic carbocycles. The predicted molar refractivity (Wildman–Crippen MR) is 80.7 cm³/mol. The maximum Gasteiger partial charge on any atom is 3.00 e. The fraction of sp³-hybridized carbons (Fsp3) is 0. The summed E-state index contributed by atoms with van der Waals surface area (Å²) in [6, 6.07) is 0. The summed E-state index contributed by atoms with van der Waals surface area (Å²) in [5.74, 6) is 0. The van der Waals surface area contributed by atoms with Crippen LogP contribution in [0.4, 0.5) is 0 Å². The molecule has 0 aliphatic rings. The van der Waals surface area contributed by atoms with Crippen molar-refractivity contribution in [3.63, 3.8) is 0 Å². The second kappa shape index (κ2) is 451. The van der Waals surface area contributed by atoms with Crippen LogP contribution in [0.1, 0.15) is 0 Å². The van der Waals surface area contributed by atoms with Gasteiger partial charge in [-0.1, -0.05) is 0 Å². The van der Waals surface area contributed by atoms with Crippen molar-refractivity contribution in [2.45, 2.75) is 0 Å². The topological polar surface area (TPSA) is 605 Å². The van der Waals surface area contributed by atoms with Crippen molar-refractivity contribution < 1.29 is 112 Å². The minimum Gasteiger partial charge on any atom is -0.412 e. The third-order valence-electron chi connectivity index (χ3n) is 0. The van der Waals surface area contributed by atoms with Gasteiger partial charge in [0.2, 0.25) is 0 Å². The third-order valence-corrected chi connectivity index (χ3v) is 0. The Bertz CT molecular complexity index is 79.9. The van der Waals surface area contributed by atoms with Crippen LogP contribution < -0.4 is 0 Å². The van der Waals surface area contributed by atoms with Crippen LogP contribution in [0, 0.1) is 30.6 Å². The van der Waals surface area contributed by atoms with Crippen molar-refractivity contribution in [2.75, 3.05) is 0 Å². The molecule has 0 aliphatic carbocycles. The zero-order valence-corrected chi connectivity index (χ0v) is 16.3. The van der Waals surface area contributed by atoms with E-state index in [9.17, 15) is 0 Å². The van der Waals surface area contributed by atoms with Gasteiger partial charge in [-0.15, -0.1) is 0 Å². The van der Waals surface area contributed by atoms with Crippen molar-refractivity contribution in [2.24, 2.45) is 0 Å². The first-order valence-electron chi connectivity index (χ1n) is 1.10. The summed E-state index contributed by atoms with van der Waals surface area (Å²) in [7, 11) is 0. The molecule has 0 aliphatic heterocycles. The molecule has 0 radical (unpaired) electrons. The van der Waals surface area contributed by atoms with E-state index in [0.29, 0.717) is 0 Å². The molecule has 0 saturated heterocycles. The van der Waals surface area contributed by atoms with Crippen LogP contribution in [0.2, 0.25) is 0 Å². The number of hydrogen-bond donors (Lipinski definition) is 0. The van der Waals surface area contributed by atoms with Crippen LogP contribution in [0.5, 0.6) is 0 Å². The first-order chi connectivity index (χ1) is 3.46. The number of rotatable bonds is 0. The molecule has 0 aromatic rings. The predicted octanol–water partition coefficient (Wildman–Crippen LogP) is -13.2. The van der Waals surface area contributed by atoms with E-state index in [-0.39, 0.29) is 119 Å². The average molecular weight is 487 g/mol. The Balaban J connectivity index is -0.00000000101. The quantitative estimate of drug-likeness (QED) is 0.181. The van der Waals surface area contributed by atoms with E-state index in [1.807, 2.05) is 0 Å². The van der Waals surface area contributed by atoms with Gasteiger partial charge in [-0.25, -0.2) is 0 Å². The smallest absolute Gasteiger partial charge is 0.412 e. The molecule has 0 heterocycles. The SMILES string of the molecule is O.O.O.O.O.O.O.O.O.O.O.O.O.O.O.O=[N+]([O-])[O-].O=[N+]([O-])[O-].[Al+3].[Zn+2]. The second-order valence-corrected chi connectivity index (χ2v) is 0.447. The average Bonchev–Trinajstić information content (AvgIpc) is 1.25. The molecule has 0 amide bonds. The van der Waals surface area contributed by atoms with Crippen LogP contribution in [0.25, 0.3) is 0 Å². The standard InChI is InChI=1S/Al.2NO3.15H2O.Zn/c;2*2-1(3)4;;;;;;;;;;;;;;;;/h;;;15*1H2;/q+3;2*-1;;;;;;;;;;;;;;;;+2. The van der Waals surface area contributed by atoms with Gasteiger partial charge >= 0.3 is 36.8 Å². The summed E-state index contributed by atoms with van der Waals surface area (Å²) in [6.07, 6.45) is 0. The molecule has 0 bridgehead atoms. The molecule has 0 fully saturated rings. The molecule has 23 nitrogen and oxygen atoms in total. The summed E-state index contributed by atoms with van der Waals surface area (Å²) in [4.78, 5) is 16.5. The van der Waals surface area contributed by atoms with Crippen LogP contribution in [0.3, 0.4) is 0 Å². The van der Waals surface area contributed by atoms with E-state index >= 15 is 0 Å². The Kier molecular flexibility index (Phi) is 9260. The molecule has 0 spiro atoms. The van der Waals surface area contributed by atoms with Gasteiger partial charge in [0.25, 0.3) is 0 Å². The Labute approximate surface area is 160 Å². The molecule has 0 aromatic heterocycles. The van der Waals surface area contributed by atoms with Gasteiger partial charge in [0.1, 0.15) is 0 Å². The molecule has 0 unspecified atom stereocenters. The molecular formula is H30AlN2O21Zn+3. The Morgan fingerprint density at radius 3 is 0.360 bits per heavy atom. The maximum atomic E-state index is 8.25. The van der Waals surface area contributed by atoms with Crippen LogP contribution in [-0.4, -0.2) is 110 Å². The Morgan fingerprint density at radius 2 is 0.360 bits per heavy atom. The van der Waals surface area contributed by atoms with Gasteiger partial charge in [-0.05, 0) is 0 Å². The van der Waals surface area contributed by atoms with Crippen molar-refractivity contribution >= 4 is 17.4 Å². The van der Waals surface area contributed by atoms with Crippen LogP contribution in [-0.2, 0) is 19.5 Å². The second-order valence-electron chi connectivity index (χ2n) is 0.447. The summed E-state index contributed by atoms with van der Waals surface area (Å²) in [5, 5.41) is 29.5. The fourth-order valence-electron chi connectivity index (χ4n) is 0. The van der Waals surface area contributed by atoms with Crippen LogP contribution in [0.15, 0.2) is 0 Å². The van der Waals surface area contributed by atoms with Gasteiger partial charge in [0, 0.05) is 0 Å². The zero-order chi connectivity index (χ0) is 7.15. The van der Waals surface area contributed by atoms with E-state index in [4.69, 9.17) is 30.6 Å². The maximum absolute atomic E-state index is 8.25. The van der Waals surface area contributed by atoms with Crippen molar-refractivity contribution in [3.05, 3.63) is 30.6 Å². The minimum atomic E-state index is -1.75. The van der Waals surface area contributed by atoms with E-state index in [2.05, 4.69) is 0 Å².